The molecule has 0 saturated heterocycles. The van der Waals surface area contributed by atoms with Crippen molar-refractivity contribution in [3.63, 3.8) is 0 Å². The Bertz CT molecular complexity index is 3760. The average molecular weight is 899 g/mol. The number of benzene rings is 8. The molecule has 0 aliphatic heterocycles. The monoisotopic (exact) mass is 898 g/mol. The second kappa shape index (κ2) is 19.5. The summed E-state index contributed by atoms with van der Waals surface area (Å²) in [5.74, 6) is 0.481. The van der Waals surface area contributed by atoms with Gasteiger partial charge in [-0.1, -0.05) is 167 Å². The van der Waals surface area contributed by atoms with E-state index < -0.39 is 0 Å². The molecule has 1 aliphatic carbocycles. The predicted molar refractivity (Wildman–Crippen MR) is 297 cm³/mol. The van der Waals surface area contributed by atoms with E-state index in [1.807, 2.05) is 57.2 Å². The first-order chi connectivity index (χ1) is 33.7. The zero-order valence-corrected chi connectivity index (χ0v) is 39.8. The number of para-hydroxylation sites is 2. The second-order valence-corrected chi connectivity index (χ2v) is 17.5. The fourth-order valence-corrected chi connectivity index (χ4v) is 10.8. The first kappa shape index (κ1) is 43.9. The maximum Gasteiger partial charge on any atom is 0.131 e. The Morgan fingerprint density at radius 1 is 0.544 bits per heavy atom. The minimum atomic E-state index is 0.481. The number of amidine groups is 1. The largest absolute Gasteiger partial charge is 0.383 e. The summed E-state index contributed by atoms with van der Waals surface area (Å²) in [6.45, 7) is 8.00. The molecule has 5 heteroatoms. The molecular weight excluding hydrogens is 845 g/mol. The third kappa shape index (κ3) is 8.05. The smallest absolute Gasteiger partial charge is 0.131 e. The Morgan fingerprint density at radius 2 is 1.15 bits per heavy atom. The van der Waals surface area contributed by atoms with Crippen LogP contribution >= 0.6 is 11.3 Å². The number of nitrogens with two attached hydrogens (primary N) is 1. The number of nitrogens with zero attached hydrogens (tertiary/aromatic N) is 3. The van der Waals surface area contributed by atoms with Crippen molar-refractivity contribution in [3.8, 4) is 22.5 Å². The third-order valence-corrected chi connectivity index (χ3v) is 13.8. The van der Waals surface area contributed by atoms with Crippen molar-refractivity contribution in [1.29, 1.82) is 0 Å². The molecule has 0 unspecified atom stereocenters. The van der Waals surface area contributed by atoms with E-state index in [1.165, 1.54) is 75.0 Å². The number of aromatic nitrogens is 2. The first-order valence-corrected chi connectivity index (χ1v) is 24.7. The molecule has 0 amide bonds. The van der Waals surface area contributed by atoms with Gasteiger partial charge in [0.05, 0.1) is 27.8 Å². The maximum absolute atomic E-state index is 6.85. The van der Waals surface area contributed by atoms with Crippen LogP contribution in [-0.2, 0) is 0 Å². The summed E-state index contributed by atoms with van der Waals surface area (Å²) >= 11 is 1.88. The van der Waals surface area contributed by atoms with Gasteiger partial charge in [-0.2, -0.15) is 0 Å². The molecule has 2 N–H and O–H groups in total. The van der Waals surface area contributed by atoms with Crippen molar-refractivity contribution < 1.29 is 0 Å². The van der Waals surface area contributed by atoms with Crippen LogP contribution in [0.5, 0.6) is 0 Å². The molecule has 0 saturated carbocycles. The van der Waals surface area contributed by atoms with Crippen LogP contribution in [0.2, 0.25) is 0 Å². The zero-order chi connectivity index (χ0) is 46.6. The number of thiophene rings is 1. The molecule has 11 aromatic rings. The highest BCUT2D eigenvalue weighted by molar-refractivity contribution is 7.26. The van der Waals surface area contributed by atoms with Gasteiger partial charge in [-0.3, -0.25) is 0 Å². The van der Waals surface area contributed by atoms with E-state index in [2.05, 4.69) is 209 Å². The van der Waals surface area contributed by atoms with E-state index in [-0.39, 0.29) is 0 Å². The van der Waals surface area contributed by atoms with Gasteiger partial charge in [0, 0.05) is 58.7 Å². The summed E-state index contributed by atoms with van der Waals surface area (Å²) in [6.07, 6.45) is 14.7. The molecule has 8 aromatic carbocycles. The summed E-state index contributed by atoms with van der Waals surface area (Å²) in [6, 6.07) is 65.5. The minimum absolute atomic E-state index is 0.481. The lowest BCUT2D eigenvalue weighted by Gasteiger charge is -2.11. The number of rotatable bonds is 8. The molecule has 3 aromatic heterocycles. The Kier molecular flexibility index (Phi) is 12.6. The first-order valence-electron chi connectivity index (χ1n) is 23.9. The lowest BCUT2D eigenvalue weighted by atomic mass is 10.00. The van der Waals surface area contributed by atoms with E-state index >= 15 is 0 Å². The molecule has 3 heterocycles. The topological polar surface area (TPSA) is 48.2 Å². The van der Waals surface area contributed by atoms with Crippen LogP contribution in [0.4, 0.5) is 0 Å². The molecule has 68 heavy (non-hydrogen) atoms. The zero-order valence-electron chi connectivity index (χ0n) is 39.0. The van der Waals surface area contributed by atoms with Crippen LogP contribution in [0.3, 0.4) is 0 Å². The Labute approximate surface area is 402 Å². The standard InChI is InChI=1S/C59H42N4S.2C2H6/c60-59(61-51(40-17-7-3-8-18-40)33-25-39-15-5-1-2-6-16-39)41-26-30-45(31-27-41)63-54-35-29-43(38-50(54)57-55(63)36-32-48-47-22-12-14-24-56(47)64-58(48)57)42-28-34-53-49(37-42)46-21-11-13-23-52(46)62(53)44-19-9-4-10-20-44;2*1-2/h1,3-24,26-38H,2,25H2,(H2,60,61);2*1-2H3/b51-33-;;. The number of aliphatic imine (C=N–C) groups is 1. The van der Waals surface area contributed by atoms with Crippen LogP contribution in [-0.4, -0.2) is 15.0 Å². The maximum atomic E-state index is 6.85. The fourth-order valence-electron chi connectivity index (χ4n) is 9.54. The van der Waals surface area contributed by atoms with Gasteiger partial charge in [0.2, 0.25) is 0 Å². The molecule has 12 rings (SSSR count). The summed E-state index contributed by atoms with van der Waals surface area (Å²) in [4.78, 5) is 5.04. The van der Waals surface area contributed by atoms with Gasteiger partial charge in [0.1, 0.15) is 5.84 Å². The van der Waals surface area contributed by atoms with Crippen LogP contribution in [0, 0.1) is 0 Å². The summed E-state index contributed by atoms with van der Waals surface area (Å²) in [5.41, 5.74) is 20.2. The average Bonchev–Trinajstić information content (AvgIpc) is 3.98. The van der Waals surface area contributed by atoms with E-state index in [1.54, 1.807) is 0 Å². The molecule has 0 spiro atoms. The van der Waals surface area contributed by atoms with Crippen molar-refractivity contribution in [2.45, 2.75) is 40.5 Å². The molecule has 0 radical (unpaired) electrons. The third-order valence-electron chi connectivity index (χ3n) is 12.6. The van der Waals surface area contributed by atoms with E-state index in [0.29, 0.717) is 5.84 Å². The highest BCUT2D eigenvalue weighted by atomic mass is 32.1. The molecule has 4 nitrogen and oxygen atoms in total. The van der Waals surface area contributed by atoms with Crippen LogP contribution in [0.15, 0.2) is 229 Å². The van der Waals surface area contributed by atoms with Gasteiger partial charge in [-0.05, 0) is 114 Å². The van der Waals surface area contributed by atoms with Gasteiger partial charge in [0.15, 0.2) is 0 Å². The molecular formula is C63H54N4S. The Morgan fingerprint density at radius 3 is 1.91 bits per heavy atom. The van der Waals surface area contributed by atoms with E-state index in [0.717, 1.165) is 46.6 Å². The quantitative estimate of drug-likeness (QED) is 0.120. The Hall–Kier alpha value is -7.99. The number of hydrogen-bond donors (Lipinski definition) is 1. The lowest BCUT2D eigenvalue weighted by molar-refractivity contribution is 1.18. The summed E-state index contributed by atoms with van der Waals surface area (Å²) < 4.78 is 7.38. The van der Waals surface area contributed by atoms with E-state index in [4.69, 9.17) is 10.7 Å². The number of hydrogen-bond acceptors (Lipinski definition) is 2. The number of fused-ring (bicyclic) bond motifs is 10. The SMILES string of the molecule is CC.CC.NC(=N/C(=C\CC1=CC=CCC=C1)c1ccccc1)c1ccc(-n2c3ccc(-c4ccc5c(c4)c4ccccc4n5-c4ccccc4)cc3c3c4sc5ccccc5c4ccc32)cc1. The highest BCUT2D eigenvalue weighted by Gasteiger charge is 2.20. The second-order valence-electron chi connectivity index (χ2n) is 16.4. The lowest BCUT2D eigenvalue weighted by Crippen LogP contribution is -2.13. The summed E-state index contributed by atoms with van der Waals surface area (Å²) in [7, 11) is 0. The van der Waals surface area contributed by atoms with Crippen molar-refractivity contribution in [2.24, 2.45) is 10.7 Å². The summed E-state index contributed by atoms with van der Waals surface area (Å²) in [5, 5.41) is 7.58. The van der Waals surface area contributed by atoms with Crippen molar-refractivity contribution in [2.75, 3.05) is 0 Å². The van der Waals surface area contributed by atoms with Gasteiger partial charge < -0.3 is 14.9 Å². The molecule has 1 aliphatic rings. The van der Waals surface area contributed by atoms with Gasteiger partial charge in [0.25, 0.3) is 0 Å². The fraction of sp³-hybridized carbons (Fsp3) is 0.0952. The van der Waals surface area contributed by atoms with Gasteiger partial charge in [-0.25, -0.2) is 4.99 Å². The van der Waals surface area contributed by atoms with Crippen molar-refractivity contribution in [3.05, 3.63) is 235 Å². The van der Waals surface area contributed by atoms with Gasteiger partial charge in [-0.15, -0.1) is 11.3 Å². The molecule has 0 bridgehead atoms. The number of allylic oxidation sites excluding steroid dienone is 7. The molecule has 0 fully saturated rings. The van der Waals surface area contributed by atoms with E-state index in [9.17, 15) is 0 Å². The molecule has 0 atom stereocenters. The molecule has 332 valence electrons. The van der Waals surface area contributed by atoms with Crippen LogP contribution in [0.25, 0.3) is 92.0 Å². The Balaban J connectivity index is 0.00000131. The highest BCUT2D eigenvalue weighted by Crippen LogP contribution is 2.45. The van der Waals surface area contributed by atoms with Crippen molar-refractivity contribution >= 4 is 86.7 Å². The van der Waals surface area contributed by atoms with Gasteiger partial charge >= 0.3 is 0 Å². The normalized spacial score (nSPS) is 12.9. The predicted octanol–water partition coefficient (Wildman–Crippen LogP) is 17.5. The van der Waals surface area contributed by atoms with Crippen molar-refractivity contribution in [1.82, 2.24) is 9.13 Å². The van der Waals surface area contributed by atoms with Crippen LogP contribution < -0.4 is 5.73 Å². The van der Waals surface area contributed by atoms with Crippen LogP contribution in [0.1, 0.15) is 51.7 Å². The minimum Gasteiger partial charge on any atom is -0.383 e.